The van der Waals surface area contributed by atoms with E-state index in [4.69, 9.17) is 4.98 Å². The number of benzene rings is 3. The molecule has 0 aliphatic carbocycles. The molecule has 128 valence electrons. The van der Waals surface area contributed by atoms with Crippen molar-refractivity contribution in [3.05, 3.63) is 101 Å². The molecule has 4 heteroatoms. The largest absolute Gasteiger partial charge is 0.326 e. The first kappa shape index (κ1) is 16.1. The Hall–Kier alpha value is -3.40. The molecular formula is C22H19N3O. The van der Waals surface area contributed by atoms with E-state index in [0.29, 0.717) is 23.4 Å². The molecule has 4 nitrogen and oxygen atoms in total. The third kappa shape index (κ3) is 3.35. The van der Waals surface area contributed by atoms with Crippen molar-refractivity contribution < 1.29 is 0 Å². The lowest BCUT2D eigenvalue weighted by atomic mass is 10.1. The molecule has 0 radical (unpaired) electrons. The van der Waals surface area contributed by atoms with Crippen LogP contribution in [0.4, 0.5) is 11.6 Å². The molecule has 1 aromatic heterocycles. The number of aryl methyl sites for hydroxylation is 1. The summed E-state index contributed by atoms with van der Waals surface area (Å²) in [6.07, 6.45) is 0.768. The molecule has 0 saturated heterocycles. The first-order chi connectivity index (χ1) is 12.8. The van der Waals surface area contributed by atoms with Crippen LogP contribution < -0.4 is 10.9 Å². The predicted molar refractivity (Wildman–Crippen MR) is 106 cm³/mol. The molecule has 4 rings (SSSR count). The molecule has 0 fully saturated rings. The van der Waals surface area contributed by atoms with Crippen LogP contribution in [0.3, 0.4) is 0 Å². The van der Waals surface area contributed by atoms with E-state index in [1.165, 1.54) is 5.56 Å². The fourth-order valence-corrected chi connectivity index (χ4v) is 3.01. The third-order valence-electron chi connectivity index (χ3n) is 4.36. The van der Waals surface area contributed by atoms with Gasteiger partial charge in [-0.05, 0) is 36.2 Å². The van der Waals surface area contributed by atoms with Crippen molar-refractivity contribution >= 4 is 22.5 Å². The number of hydrogen-bond donors (Lipinski definition) is 1. The van der Waals surface area contributed by atoms with Crippen molar-refractivity contribution in [2.24, 2.45) is 0 Å². The summed E-state index contributed by atoms with van der Waals surface area (Å²) in [5, 5.41) is 3.93. The van der Waals surface area contributed by atoms with E-state index in [1.807, 2.05) is 72.8 Å². The summed E-state index contributed by atoms with van der Waals surface area (Å²) < 4.78 is 1.72. The van der Waals surface area contributed by atoms with Crippen LogP contribution in [-0.4, -0.2) is 9.55 Å². The molecule has 1 N–H and O–H groups in total. The van der Waals surface area contributed by atoms with Crippen LogP contribution in [0.15, 0.2) is 89.7 Å². The van der Waals surface area contributed by atoms with E-state index in [1.54, 1.807) is 4.57 Å². The summed E-state index contributed by atoms with van der Waals surface area (Å²) in [7, 11) is 0. The molecule has 0 bridgehead atoms. The Balaban J connectivity index is 1.76. The molecule has 0 atom stereocenters. The number of rotatable bonds is 5. The van der Waals surface area contributed by atoms with Crippen molar-refractivity contribution in [1.82, 2.24) is 9.55 Å². The normalized spacial score (nSPS) is 10.8. The second-order valence-electron chi connectivity index (χ2n) is 6.14. The number of para-hydroxylation sites is 2. The van der Waals surface area contributed by atoms with Crippen LogP contribution in [0.1, 0.15) is 5.56 Å². The maximum Gasteiger partial charge on any atom is 0.262 e. The van der Waals surface area contributed by atoms with Gasteiger partial charge >= 0.3 is 0 Å². The van der Waals surface area contributed by atoms with Gasteiger partial charge in [0, 0.05) is 12.2 Å². The summed E-state index contributed by atoms with van der Waals surface area (Å²) in [6.45, 7) is 0.565. The standard InChI is InChI=1S/C22H19N3O/c26-21-19-13-7-8-14-20(19)24-22(23-18-11-5-2-6-12-18)25(21)16-15-17-9-3-1-4-10-17/h1-14H,15-16H2,(H,23,24). The van der Waals surface area contributed by atoms with Gasteiger partial charge in [-0.25, -0.2) is 4.98 Å². The monoisotopic (exact) mass is 341 g/mol. The minimum absolute atomic E-state index is 0.0232. The lowest BCUT2D eigenvalue weighted by Gasteiger charge is -2.15. The van der Waals surface area contributed by atoms with Gasteiger partial charge in [0.1, 0.15) is 0 Å². The number of nitrogens with one attached hydrogen (secondary N) is 1. The first-order valence-electron chi connectivity index (χ1n) is 8.67. The van der Waals surface area contributed by atoms with Gasteiger partial charge in [-0.2, -0.15) is 0 Å². The summed E-state index contributed by atoms with van der Waals surface area (Å²) >= 11 is 0. The van der Waals surface area contributed by atoms with Gasteiger partial charge in [-0.1, -0.05) is 60.7 Å². The zero-order chi connectivity index (χ0) is 17.8. The van der Waals surface area contributed by atoms with E-state index < -0.39 is 0 Å². The van der Waals surface area contributed by atoms with Crippen LogP contribution in [0, 0.1) is 0 Å². The second kappa shape index (κ2) is 7.23. The van der Waals surface area contributed by atoms with Crippen LogP contribution in [0.2, 0.25) is 0 Å². The van der Waals surface area contributed by atoms with E-state index in [-0.39, 0.29) is 5.56 Å². The van der Waals surface area contributed by atoms with Crippen LogP contribution in [-0.2, 0) is 13.0 Å². The number of nitrogens with zero attached hydrogens (tertiary/aromatic N) is 2. The number of aromatic nitrogens is 2. The Morgan fingerprint density at radius 1 is 0.808 bits per heavy atom. The van der Waals surface area contributed by atoms with Crippen molar-refractivity contribution in [2.75, 3.05) is 5.32 Å². The molecule has 0 aliphatic rings. The quantitative estimate of drug-likeness (QED) is 0.586. The smallest absolute Gasteiger partial charge is 0.262 e. The minimum atomic E-state index is -0.0232. The van der Waals surface area contributed by atoms with Gasteiger partial charge in [0.25, 0.3) is 5.56 Å². The molecule has 0 unspecified atom stereocenters. The SMILES string of the molecule is O=c1c2ccccc2nc(Nc2ccccc2)n1CCc1ccccc1. The predicted octanol–water partition coefficient (Wildman–Crippen LogP) is 4.38. The fraction of sp³-hybridized carbons (Fsp3) is 0.0909. The summed E-state index contributed by atoms with van der Waals surface area (Å²) in [6, 6.07) is 27.4. The lowest BCUT2D eigenvalue weighted by molar-refractivity contribution is 0.673. The average Bonchev–Trinajstić information content (AvgIpc) is 2.69. The molecule has 0 saturated carbocycles. The van der Waals surface area contributed by atoms with Crippen molar-refractivity contribution in [3.8, 4) is 0 Å². The van der Waals surface area contributed by atoms with E-state index in [0.717, 1.165) is 12.1 Å². The van der Waals surface area contributed by atoms with E-state index in [2.05, 4.69) is 17.4 Å². The van der Waals surface area contributed by atoms with Gasteiger partial charge in [0.15, 0.2) is 0 Å². The molecule has 0 spiro atoms. The maximum atomic E-state index is 13.0. The van der Waals surface area contributed by atoms with E-state index >= 15 is 0 Å². The molecular weight excluding hydrogens is 322 g/mol. The first-order valence-corrected chi connectivity index (χ1v) is 8.67. The molecule has 1 heterocycles. The highest BCUT2D eigenvalue weighted by atomic mass is 16.1. The Labute approximate surface area is 151 Å². The summed E-state index contributed by atoms with van der Waals surface area (Å²) in [5.41, 5.74) is 2.78. The highest BCUT2D eigenvalue weighted by molar-refractivity contribution is 5.79. The minimum Gasteiger partial charge on any atom is -0.326 e. The van der Waals surface area contributed by atoms with Gasteiger partial charge in [-0.15, -0.1) is 0 Å². The molecule has 3 aromatic carbocycles. The summed E-state index contributed by atoms with van der Waals surface area (Å²) in [4.78, 5) is 17.7. The zero-order valence-corrected chi connectivity index (χ0v) is 14.3. The van der Waals surface area contributed by atoms with Crippen LogP contribution in [0.5, 0.6) is 0 Å². The van der Waals surface area contributed by atoms with Crippen molar-refractivity contribution in [3.63, 3.8) is 0 Å². The lowest BCUT2D eigenvalue weighted by Crippen LogP contribution is -2.25. The fourth-order valence-electron chi connectivity index (χ4n) is 3.01. The highest BCUT2D eigenvalue weighted by Gasteiger charge is 2.11. The third-order valence-corrected chi connectivity index (χ3v) is 4.36. The summed E-state index contributed by atoms with van der Waals surface area (Å²) in [5.74, 6) is 0.566. The molecule has 0 aliphatic heterocycles. The van der Waals surface area contributed by atoms with Crippen molar-refractivity contribution in [1.29, 1.82) is 0 Å². The van der Waals surface area contributed by atoms with Gasteiger partial charge in [-0.3, -0.25) is 9.36 Å². The Kier molecular flexibility index (Phi) is 4.48. The zero-order valence-electron chi connectivity index (χ0n) is 14.3. The second-order valence-corrected chi connectivity index (χ2v) is 6.14. The number of hydrogen-bond acceptors (Lipinski definition) is 3. The maximum absolute atomic E-state index is 13.0. The van der Waals surface area contributed by atoms with Gasteiger partial charge in [0.2, 0.25) is 5.95 Å². The molecule has 0 amide bonds. The Bertz CT molecular complexity index is 1070. The van der Waals surface area contributed by atoms with Crippen LogP contribution in [0.25, 0.3) is 10.9 Å². The van der Waals surface area contributed by atoms with Gasteiger partial charge in [0.05, 0.1) is 10.9 Å². The number of anilines is 2. The van der Waals surface area contributed by atoms with Gasteiger partial charge < -0.3 is 5.32 Å². The highest BCUT2D eigenvalue weighted by Crippen LogP contribution is 2.17. The molecule has 4 aromatic rings. The molecule has 26 heavy (non-hydrogen) atoms. The average molecular weight is 341 g/mol. The van der Waals surface area contributed by atoms with E-state index in [9.17, 15) is 4.79 Å². The Morgan fingerprint density at radius 2 is 1.46 bits per heavy atom. The van der Waals surface area contributed by atoms with Crippen molar-refractivity contribution in [2.45, 2.75) is 13.0 Å². The topological polar surface area (TPSA) is 46.9 Å². The van der Waals surface area contributed by atoms with Crippen LogP contribution >= 0.6 is 0 Å². The Morgan fingerprint density at radius 3 is 2.23 bits per heavy atom. The number of fused-ring (bicyclic) bond motifs is 1.